The summed E-state index contributed by atoms with van der Waals surface area (Å²) in [6.07, 6.45) is 2.19. The monoisotopic (exact) mass is 243 g/mol. The molecule has 1 fully saturated rings. The van der Waals surface area contributed by atoms with Crippen LogP contribution in [-0.4, -0.2) is 30.4 Å². The van der Waals surface area contributed by atoms with Crippen LogP contribution in [0, 0.1) is 18.3 Å². The minimum absolute atomic E-state index is 0.109. The molecule has 0 aromatic heterocycles. The van der Waals surface area contributed by atoms with Crippen molar-refractivity contribution in [3.8, 4) is 6.07 Å². The number of hydrogen-bond acceptors (Lipinski definition) is 3. The van der Waals surface area contributed by atoms with E-state index in [-0.39, 0.29) is 12.5 Å². The Kier molecular flexibility index (Phi) is 3.83. The smallest absolute Gasteiger partial charge is 0.241 e. The molecule has 4 nitrogen and oxygen atoms in total. The SMILES string of the molecule is Cc1cccc(NCC(=O)N2CCCC2)c1C#N. The molecule has 2 rings (SSSR count). The van der Waals surface area contributed by atoms with E-state index in [1.807, 2.05) is 30.0 Å². The van der Waals surface area contributed by atoms with Crippen LogP contribution in [0.2, 0.25) is 0 Å². The number of hydrogen-bond donors (Lipinski definition) is 1. The fourth-order valence-electron chi connectivity index (χ4n) is 2.21. The van der Waals surface area contributed by atoms with E-state index in [0.717, 1.165) is 37.2 Å². The minimum atomic E-state index is 0.109. The Bertz CT molecular complexity index is 484. The zero-order valence-corrected chi connectivity index (χ0v) is 10.6. The van der Waals surface area contributed by atoms with Crippen molar-refractivity contribution >= 4 is 11.6 Å². The standard InChI is InChI=1S/C14H17N3O/c1-11-5-4-6-13(12(11)9-15)16-10-14(18)17-7-2-3-8-17/h4-6,16H,2-3,7-8,10H2,1H3. The fourth-order valence-corrected chi connectivity index (χ4v) is 2.21. The molecular weight excluding hydrogens is 226 g/mol. The van der Waals surface area contributed by atoms with Gasteiger partial charge in [-0.3, -0.25) is 4.79 Å². The molecule has 94 valence electrons. The number of nitrogens with one attached hydrogen (secondary N) is 1. The Morgan fingerprint density at radius 3 is 2.83 bits per heavy atom. The highest BCUT2D eigenvalue weighted by Gasteiger charge is 2.17. The van der Waals surface area contributed by atoms with E-state index in [0.29, 0.717) is 5.56 Å². The number of nitriles is 1. The van der Waals surface area contributed by atoms with Crippen LogP contribution in [0.4, 0.5) is 5.69 Å². The summed E-state index contributed by atoms with van der Waals surface area (Å²) in [5, 5.41) is 12.2. The largest absolute Gasteiger partial charge is 0.375 e. The first-order chi connectivity index (χ1) is 8.72. The van der Waals surface area contributed by atoms with Gasteiger partial charge < -0.3 is 10.2 Å². The van der Waals surface area contributed by atoms with Gasteiger partial charge in [-0.1, -0.05) is 12.1 Å². The highest BCUT2D eigenvalue weighted by Crippen LogP contribution is 2.18. The Balaban J connectivity index is 2.00. The lowest BCUT2D eigenvalue weighted by molar-refractivity contribution is -0.128. The van der Waals surface area contributed by atoms with E-state index in [2.05, 4.69) is 11.4 Å². The minimum Gasteiger partial charge on any atom is -0.375 e. The van der Waals surface area contributed by atoms with E-state index < -0.39 is 0 Å². The summed E-state index contributed by atoms with van der Waals surface area (Å²) in [4.78, 5) is 13.8. The fraction of sp³-hybridized carbons (Fsp3) is 0.429. The summed E-state index contributed by atoms with van der Waals surface area (Å²) in [5.74, 6) is 0.109. The van der Waals surface area contributed by atoms with Gasteiger partial charge in [0.2, 0.25) is 5.91 Å². The summed E-state index contributed by atoms with van der Waals surface area (Å²) in [5.41, 5.74) is 2.29. The van der Waals surface area contributed by atoms with Gasteiger partial charge in [0.1, 0.15) is 6.07 Å². The summed E-state index contributed by atoms with van der Waals surface area (Å²) in [7, 11) is 0. The van der Waals surface area contributed by atoms with Gasteiger partial charge in [-0.25, -0.2) is 0 Å². The quantitative estimate of drug-likeness (QED) is 0.882. The summed E-state index contributed by atoms with van der Waals surface area (Å²) in [6.45, 7) is 3.88. The zero-order chi connectivity index (χ0) is 13.0. The van der Waals surface area contributed by atoms with Gasteiger partial charge in [-0.2, -0.15) is 5.26 Å². The molecule has 18 heavy (non-hydrogen) atoms. The third-order valence-corrected chi connectivity index (χ3v) is 3.27. The average Bonchev–Trinajstić information content (AvgIpc) is 2.90. The second kappa shape index (κ2) is 5.54. The van der Waals surface area contributed by atoms with Crippen LogP contribution in [-0.2, 0) is 4.79 Å². The average molecular weight is 243 g/mol. The highest BCUT2D eigenvalue weighted by molar-refractivity contribution is 5.81. The molecule has 0 atom stereocenters. The maximum absolute atomic E-state index is 11.9. The molecule has 1 N–H and O–H groups in total. The van der Waals surface area contributed by atoms with Crippen LogP contribution in [0.5, 0.6) is 0 Å². The molecule has 1 heterocycles. The van der Waals surface area contributed by atoms with Crippen molar-refractivity contribution in [3.63, 3.8) is 0 Å². The number of aryl methyl sites for hydroxylation is 1. The van der Waals surface area contributed by atoms with Gasteiger partial charge in [-0.05, 0) is 31.4 Å². The lowest BCUT2D eigenvalue weighted by Crippen LogP contribution is -2.33. The number of carbonyl (C=O) groups excluding carboxylic acids is 1. The number of nitrogens with zero attached hydrogens (tertiary/aromatic N) is 2. The number of rotatable bonds is 3. The van der Waals surface area contributed by atoms with Crippen LogP contribution >= 0.6 is 0 Å². The summed E-state index contributed by atoms with van der Waals surface area (Å²) < 4.78 is 0. The lowest BCUT2D eigenvalue weighted by Gasteiger charge is -2.16. The predicted octanol–water partition coefficient (Wildman–Crippen LogP) is 1.90. The molecule has 0 saturated carbocycles. The van der Waals surface area contributed by atoms with E-state index in [1.54, 1.807) is 0 Å². The molecule has 0 radical (unpaired) electrons. The Hall–Kier alpha value is -2.02. The van der Waals surface area contributed by atoms with Crippen LogP contribution in [0.1, 0.15) is 24.0 Å². The molecule has 1 amide bonds. The Morgan fingerprint density at radius 2 is 2.17 bits per heavy atom. The second-order valence-electron chi connectivity index (χ2n) is 4.55. The molecule has 0 spiro atoms. The summed E-state index contributed by atoms with van der Waals surface area (Å²) in [6, 6.07) is 7.79. The number of amides is 1. The number of anilines is 1. The van der Waals surface area contributed by atoms with Gasteiger partial charge in [-0.15, -0.1) is 0 Å². The van der Waals surface area contributed by atoms with Crippen molar-refractivity contribution in [2.75, 3.05) is 25.0 Å². The van der Waals surface area contributed by atoms with Gasteiger partial charge in [0, 0.05) is 13.1 Å². The van der Waals surface area contributed by atoms with E-state index in [1.165, 1.54) is 0 Å². The van der Waals surface area contributed by atoms with Crippen LogP contribution in [0.3, 0.4) is 0 Å². The van der Waals surface area contributed by atoms with Gasteiger partial charge in [0.05, 0.1) is 17.8 Å². The molecule has 1 saturated heterocycles. The summed E-state index contributed by atoms with van der Waals surface area (Å²) >= 11 is 0. The van der Waals surface area contributed by atoms with Gasteiger partial charge in [0.25, 0.3) is 0 Å². The van der Waals surface area contributed by atoms with Crippen molar-refractivity contribution in [3.05, 3.63) is 29.3 Å². The molecule has 4 heteroatoms. The molecule has 0 bridgehead atoms. The highest BCUT2D eigenvalue weighted by atomic mass is 16.2. The van der Waals surface area contributed by atoms with Crippen molar-refractivity contribution in [2.24, 2.45) is 0 Å². The number of carbonyl (C=O) groups is 1. The topological polar surface area (TPSA) is 56.1 Å². The third-order valence-electron chi connectivity index (χ3n) is 3.27. The molecule has 0 aliphatic carbocycles. The Morgan fingerprint density at radius 1 is 1.44 bits per heavy atom. The zero-order valence-electron chi connectivity index (χ0n) is 10.6. The first kappa shape index (κ1) is 12.4. The maximum atomic E-state index is 11.9. The molecule has 0 unspecified atom stereocenters. The normalized spacial score (nSPS) is 14.3. The van der Waals surface area contributed by atoms with Crippen LogP contribution in [0.15, 0.2) is 18.2 Å². The third kappa shape index (κ3) is 2.62. The molecule has 1 aliphatic heterocycles. The van der Waals surface area contributed by atoms with E-state index in [4.69, 9.17) is 5.26 Å². The number of likely N-dealkylation sites (tertiary alicyclic amines) is 1. The first-order valence-corrected chi connectivity index (χ1v) is 6.23. The molecule has 1 aromatic rings. The lowest BCUT2D eigenvalue weighted by atomic mass is 10.1. The molecular formula is C14H17N3O. The van der Waals surface area contributed by atoms with Crippen molar-refractivity contribution in [2.45, 2.75) is 19.8 Å². The van der Waals surface area contributed by atoms with E-state index >= 15 is 0 Å². The Labute approximate surface area is 107 Å². The predicted molar refractivity (Wildman–Crippen MR) is 70.2 cm³/mol. The van der Waals surface area contributed by atoms with Crippen LogP contribution in [0.25, 0.3) is 0 Å². The van der Waals surface area contributed by atoms with Crippen molar-refractivity contribution in [1.29, 1.82) is 5.26 Å². The molecule has 1 aliphatic rings. The molecule has 1 aromatic carbocycles. The maximum Gasteiger partial charge on any atom is 0.241 e. The van der Waals surface area contributed by atoms with Crippen molar-refractivity contribution < 1.29 is 4.79 Å². The van der Waals surface area contributed by atoms with Crippen LogP contribution < -0.4 is 5.32 Å². The van der Waals surface area contributed by atoms with Crippen molar-refractivity contribution in [1.82, 2.24) is 4.90 Å². The number of benzene rings is 1. The van der Waals surface area contributed by atoms with E-state index in [9.17, 15) is 4.79 Å². The second-order valence-corrected chi connectivity index (χ2v) is 4.55. The first-order valence-electron chi connectivity index (χ1n) is 6.23. The van der Waals surface area contributed by atoms with Gasteiger partial charge in [0.15, 0.2) is 0 Å². The van der Waals surface area contributed by atoms with Gasteiger partial charge >= 0.3 is 0 Å².